The lowest BCUT2D eigenvalue weighted by Crippen LogP contribution is -2.12. The normalized spacial score (nSPS) is 20.8. The molecule has 1 saturated carbocycles. The highest BCUT2D eigenvalue weighted by molar-refractivity contribution is 5.73. The highest BCUT2D eigenvalue weighted by atomic mass is 16.5. The molecular formula is C19H21NO2. The maximum Gasteiger partial charge on any atom is 0.308 e. The van der Waals surface area contributed by atoms with Gasteiger partial charge in [0.05, 0.1) is 13.0 Å². The van der Waals surface area contributed by atoms with Crippen molar-refractivity contribution in [2.24, 2.45) is 5.92 Å². The number of carbonyl (C=O) groups is 1. The predicted octanol–water partition coefficient (Wildman–Crippen LogP) is 3.99. The van der Waals surface area contributed by atoms with Gasteiger partial charge in [-0.05, 0) is 54.0 Å². The Morgan fingerprint density at radius 3 is 2.18 bits per heavy atom. The van der Waals surface area contributed by atoms with E-state index in [4.69, 9.17) is 10.5 Å². The van der Waals surface area contributed by atoms with E-state index in [1.54, 1.807) is 0 Å². The van der Waals surface area contributed by atoms with E-state index < -0.39 is 0 Å². The van der Waals surface area contributed by atoms with Crippen LogP contribution in [-0.2, 0) is 9.53 Å². The summed E-state index contributed by atoms with van der Waals surface area (Å²) in [5.74, 6) is 0.456. The zero-order valence-electron chi connectivity index (χ0n) is 12.8. The van der Waals surface area contributed by atoms with Crippen LogP contribution in [-0.4, -0.2) is 13.1 Å². The molecule has 0 unspecified atom stereocenters. The smallest absolute Gasteiger partial charge is 0.308 e. The van der Waals surface area contributed by atoms with Crippen molar-refractivity contribution in [2.75, 3.05) is 12.8 Å². The van der Waals surface area contributed by atoms with Crippen molar-refractivity contribution in [3.63, 3.8) is 0 Å². The molecule has 0 amide bonds. The van der Waals surface area contributed by atoms with Crippen LogP contribution < -0.4 is 5.73 Å². The van der Waals surface area contributed by atoms with Crippen LogP contribution in [0.4, 0.5) is 5.69 Å². The van der Waals surface area contributed by atoms with E-state index in [2.05, 4.69) is 24.3 Å². The Kier molecular flexibility index (Phi) is 4.14. The zero-order chi connectivity index (χ0) is 15.5. The van der Waals surface area contributed by atoms with E-state index >= 15 is 0 Å². The van der Waals surface area contributed by atoms with Crippen LogP contribution in [0.1, 0.15) is 30.7 Å². The number of hydrogen-bond acceptors (Lipinski definition) is 3. The van der Waals surface area contributed by atoms with Gasteiger partial charge in [-0.2, -0.15) is 0 Å². The average molecular weight is 295 g/mol. The molecule has 3 nitrogen and oxygen atoms in total. The molecule has 22 heavy (non-hydrogen) atoms. The highest BCUT2D eigenvalue weighted by Crippen LogP contribution is 2.39. The Bertz CT molecular complexity index is 646. The molecule has 2 N–H and O–H groups in total. The van der Waals surface area contributed by atoms with Crippen molar-refractivity contribution < 1.29 is 9.53 Å². The minimum Gasteiger partial charge on any atom is -0.469 e. The first kappa shape index (κ1) is 14.6. The summed E-state index contributed by atoms with van der Waals surface area (Å²) in [6.07, 6.45) is 2.88. The Labute approximate surface area is 131 Å². The van der Waals surface area contributed by atoms with Crippen molar-refractivity contribution in [3.8, 4) is 11.1 Å². The second-order valence-electron chi connectivity index (χ2n) is 5.97. The van der Waals surface area contributed by atoms with Crippen molar-refractivity contribution >= 4 is 11.7 Å². The Morgan fingerprint density at radius 2 is 1.59 bits per heavy atom. The van der Waals surface area contributed by atoms with Gasteiger partial charge in [0.1, 0.15) is 0 Å². The van der Waals surface area contributed by atoms with Crippen LogP contribution in [0.5, 0.6) is 0 Å². The molecule has 114 valence electrons. The van der Waals surface area contributed by atoms with Crippen LogP contribution in [0.3, 0.4) is 0 Å². The Balaban J connectivity index is 1.72. The first-order valence-electron chi connectivity index (χ1n) is 7.71. The molecule has 0 bridgehead atoms. The standard InChI is InChI=1S/C19H21NO2/c1-22-19(21)17-7-6-16(12-17)15-4-2-13(3-5-15)14-8-10-18(20)11-9-14/h2-5,8-11,16-17H,6-7,12,20H2,1H3/t16-,17+/m0/s1. The molecule has 0 aromatic heterocycles. The fraction of sp³-hybridized carbons (Fsp3) is 0.316. The fourth-order valence-electron chi connectivity index (χ4n) is 3.29. The number of hydrogen-bond donors (Lipinski definition) is 1. The molecule has 2 aromatic rings. The molecule has 0 heterocycles. The van der Waals surface area contributed by atoms with E-state index in [1.807, 2.05) is 24.3 Å². The summed E-state index contributed by atoms with van der Waals surface area (Å²) in [5, 5.41) is 0. The quantitative estimate of drug-likeness (QED) is 0.688. The summed E-state index contributed by atoms with van der Waals surface area (Å²) in [7, 11) is 1.47. The number of nitrogens with two attached hydrogens (primary N) is 1. The average Bonchev–Trinajstić information content (AvgIpc) is 3.05. The fourth-order valence-corrected chi connectivity index (χ4v) is 3.29. The van der Waals surface area contributed by atoms with Gasteiger partial charge in [0, 0.05) is 5.69 Å². The van der Waals surface area contributed by atoms with Gasteiger partial charge in [-0.15, -0.1) is 0 Å². The lowest BCUT2D eigenvalue weighted by molar-refractivity contribution is -0.145. The minimum absolute atomic E-state index is 0.0618. The maximum atomic E-state index is 11.6. The van der Waals surface area contributed by atoms with E-state index in [9.17, 15) is 4.79 Å². The van der Waals surface area contributed by atoms with Gasteiger partial charge >= 0.3 is 5.97 Å². The van der Waals surface area contributed by atoms with Crippen LogP contribution >= 0.6 is 0 Å². The second-order valence-corrected chi connectivity index (χ2v) is 5.97. The van der Waals surface area contributed by atoms with Crippen molar-refractivity contribution in [1.29, 1.82) is 0 Å². The topological polar surface area (TPSA) is 52.3 Å². The number of esters is 1. The van der Waals surface area contributed by atoms with Crippen molar-refractivity contribution in [2.45, 2.75) is 25.2 Å². The van der Waals surface area contributed by atoms with Gasteiger partial charge in [0.15, 0.2) is 0 Å². The molecule has 1 aliphatic carbocycles. The van der Waals surface area contributed by atoms with E-state index in [-0.39, 0.29) is 11.9 Å². The molecule has 2 atom stereocenters. The van der Waals surface area contributed by atoms with Gasteiger partial charge in [-0.1, -0.05) is 36.4 Å². The maximum absolute atomic E-state index is 11.6. The first-order valence-corrected chi connectivity index (χ1v) is 7.71. The molecule has 0 radical (unpaired) electrons. The summed E-state index contributed by atoms with van der Waals surface area (Å²) in [5.41, 5.74) is 10.2. The molecule has 1 fully saturated rings. The molecule has 0 spiro atoms. The van der Waals surface area contributed by atoms with Crippen molar-refractivity contribution in [3.05, 3.63) is 54.1 Å². The summed E-state index contributed by atoms with van der Waals surface area (Å²) in [6.45, 7) is 0. The van der Waals surface area contributed by atoms with Gasteiger partial charge < -0.3 is 10.5 Å². The Morgan fingerprint density at radius 1 is 1.00 bits per heavy atom. The molecule has 2 aromatic carbocycles. The molecule has 0 aliphatic heterocycles. The molecule has 3 heteroatoms. The summed E-state index contributed by atoms with van der Waals surface area (Å²) in [6, 6.07) is 16.5. The third-order valence-corrected chi connectivity index (χ3v) is 4.59. The lowest BCUT2D eigenvalue weighted by Gasteiger charge is -2.12. The summed E-state index contributed by atoms with van der Waals surface area (Å²) < 4.78 is 4.86. The minimum atomic E-state index is -0.0685. The molecule has 0 saturated heterocycles. The van der Waals surface area contributed by atoms with Crippen LogP contribution in [0.25, 0.3) is 11.1 Å². The first-order chi connectivity index (χ1) is 10.7. The largest absolute Gasteiger partial charge is 0.469 e. The van der Waals surface area contributed by atoms with Gasteiger partial charge in [-0.25, -0.2) is 0 Å². The molecular weight excluding hydrogens is 274 g/mol. The van der Waals surface area contributed by atoms with Gasteiger partial charge in [0.2, 0.25) is 0 Å². The number of rotatable bonds is 3. The second kappa shape index (κ2) is 6.22. The van der Waals surface area contributed by atoms with Gasteiger partial charge in [0.25, 0.3) is 0 Å². The van der Waals surface area contributed by atoms with Crippen LogP contribution in [0.15, 0.2) is 48.5 Å². The van der Waals surface area contributed by atoms with Crippen LogP contribution in [0.2, 0.25) is 0 Å². The zero-order valence-corrected chi connectivity index (χ0v) is 12.8. The Hall–Kier alpha value is -2.29. The summed E-state index contributed by atoms with van der Waals surface area (Å²) in [4.78, 5) is 11.6. The number of ether oxygens (including phenoxy) is 1. The number of carbonyl (C=O) groups excluding carboxylic acids is 1. The molecule has 3 rings (SSSR count). The SMILES string of the molecule is COC(=O)[C@@H]1CC[C@H](c2ccc(-c3ccc(N)cc3)cc2)C1. The van der Waals surface area contributed by atoms with Crippen LogP contribution in [0, 0.1) is 5.92 Å². The number of methoxy groups -OCH3 is 1. The van der Waals surface area contributed by atoms with Crippen molar-refractivity contribution in [1.82, 2.24) is 0 Å². The lowest BCUT2D eigenvalue weighted by atomic mass is 9.94. The number of anilines is 1. The molecule has 1 aliphatic rings. The summed E-state index contributed by atoms with van der Waals surface area (Å²) >= 11 is 0. The van der Waals surface area contributed by atoms with Gasteiger partial charge in [-0.3, -0.25) is 4.79 Å². The third-order valence-electron chi connectivity index (χ3n) is 4.59. The highest BCUT2D eigenvalue weighted by Gasteiger charge is 2.31. The monoisotopic (exact) mass is 295 g/mol. The van der Waals surface area contributed by atoms with E-state index in [0.29, 0.717) is 5.92 Å². The number of nitrogen functional groups attached to an aromatic ring is 1. The van der Waals surface area contributed by atoms with E-state index in [1.165, 1.54) is 23.8 Å². The third kappa shape index (κ3) is 2.98. The predicted molar refractivity (Wildman–Crippen MR) is 88.4 cm³/mol. The number of benzene rings is 2. The van der Waals surface area contributed by atoms with E-state index in [0.717, 1.165) is 24.9 Å².